The molecular weight excluding hydrogens is 360 g/mol. The number of nitrogens with zero attached hydrogens (tertiary/aromatic N) is 2. The zero-order valence-corrected chi connectivity index (χ0v) is 16.7. The Morgan fingerprint density at radius 3 is 2.44 bits per heavy atom. The first-order valence-electron chi connectivity index (χ1n) is 9.20. The molecule has 27 heavy (non-hydrogen) atoms. The number of rotatable bonds is 7. The third-order valence-electron chi connectivity index (χ3n) is 4.09. The number of hydrogen-bond donors (Lipinski definition) is 0. The second kappa shape index (κ2) is 8.86. The molecule has 0 atom stereocenters. The highest BCUT2D eigenvalue weighted by Gasteiger charge is 2.12. The number of aryl methyl sites for hydroxylation is 1. The maximum atomic E-state index is 12.5. The molecule has 5 nitrogen and oxygen atoms in total. The second-order valence-electron chi connectivity index (χ2n) is 5.92. The Morgan fingerprint density at radius 1 is 1.04 bits per heavy atom. The molecule has 142 valence electrons. The first-order valence-corrected chi connectivity index (χ1v) is 10.0. The highest BCUT2D eigenvalue weighted by Crippen LogP contribution is 2.27. The number of hydrogen-bond acceptors (Lipinski definition) is 4. The summed E-state index contributed by atoms with van der Waals surface area (Å²) in [6.45, 7) is 7.90. The van der Waals surface area contributed by atoms with E-state index in [4.69, 9.17) is 9.47 Å². The zero-order chi connectivity index (χ0) is 19.2. The highest BCUT2D eigenvalue weighted by molar-refractivity contribution is 7.16. The molecule has 0 spiro atoms. The van der Waals surface area contributed by atoms with E-state index in [1.54, 1.807) is 0 Å². The van der Waals surface area contributed by atoms with E-state index >= 15 is 0 Å². The molecule has 0 saturated carbocycles. The average Bonchev–Trinajstić information content (AvgIpc) is 3.01. The average molecular weight is 385 g/mol. The predicted molar refractivity (Wildman–Crippen MR) is 109 cm³/mol. The Labute approximate surface area is 162 Å². The molecule has 0 aliphatic carbocycles. The van der Waals surface area contributed by atoms with E-state index in [0.717, 1.165) is 33.8 Å². The summed E-state index contributed by atoms with van der Waals surface area (Å²) in [6.07, 6.45) is 0.267. The Balaban J connectivity index is 1.90. The molecule has 1 amide bonds. The molecule has 0 unspecified atom stereocenters. The summed E-state index contributed by atoms with van der Waals surface area (Å²) in [5.74, 6) is 1.47. The van der Waals surface area contributed by atoms with Gasteiger partial charge in [-0.3, -0.25) is 4.79 Å². The van der Waals surface area contributed by atoms with E-state index in [1.165, 1.54) is 11.3 Å². The van der Waals surface area contributed by atoms with Gasteiger partial charge in [-0.1, -0.05) is 29.5 Å². The van der Waals surface area contributed by atoms with E-state index < -0.39 is 0 Å². The summed E-state index contributed by atoms with van der Waals surface area (Å²) in [4.78, 5) is 17.6. The predicted octanol–water partition coefficient (Wildman–Crippen LogP) is 4.19. The molecule has 2 aromatic carbocycles. The van der Waals surface area contributed by atoms with Gasteiger partial charge in [-0.15, -0.1) is 0 Å². The largest absolute Gasteiger partial charge is 0.494 e. The summed E-state index contributed by atoms with van der Waals surface area (Å²) >= 11 is 1.51. The van der Waals surface area contributed by atoms with Crippen molar-refractivity contribution < 1.29 is 14.3 Å². The number of fused-ring (bicyclic) bond motifs is 1. The molecule has 3 aromatic rings. The van der Waals surface area contributed by atoms with Crippen LogP contribution in [-0.2, 0) is 17.8 Å². The minimum atomic E-state index is -0.161. The van der Waals surface area contributed by atoms with Crippen molar-refractivity contribution in [2.75, 3.05) is 13.2 Å². The second-order valence-corrected chi connectivity index (χ2v) is 6.93. The van der Waals surface area contributed by atoms with E-state index in [2.05, 4.69) is 4.99 Å². The normalized spacial score (nSPS) is 11.7. The lowest BCUT2D eigenvalue weighted by atomic mass is 10.1. The van der Waals surface area contributed by atoms with E-state index in [9.17, 15) is 4.79 Å². The van der Waals surface area contributed by atoms with Gasteiger partial charge in [-0.2, -0.15) is 4.99 Å². The van der Waals surface area contributed by atoms with Crippen LogP contribution in [-0.4, -0.2) is 23.7 Å². The minimum absolute atomic E-state index is 0.161. The number of aromatic nitrogens is 1. The molecule has 0 saturated heterocycles. The third-order valence-corrected chi connectivity index (χ3v) is 5.13. The number of ether oxygens (including phenoxy) is 2. The lowest BCUT2D eigenvalue weighted by Gasteiger charge is -2.07. The first kappa shape index (κ1) is 19.2. The van der Waals surface area contributed by atoms with Crippen LogP contribution < -0.4 is 14.3 Å². The topological polar surface area (TPSA) is 52.8 Å². The quantitative estimate of drug-likeness (QED) is 0.614. The summed E-state index contributed by atoms with van der Waals surface area (Å²) in [6, 6.07) is 13.5. The molecule has 0 aliphatic rings. The van der Waals surface area contributed by atoms with Gasteiger partial charge in [0, 0.05) is 6.54 Å². The van der Waals surface area contributed by atoms with Gasteiger partial charge in [0.15, 0.2) is 4.80 Å². The van der Waals surface area contributed by atoms with Crippen molar-refractivity contribution in [3.8, 4) is 11.5 Å². The molecule has 0 fully saturated rings. The van der Waals surface area contributed by atoms with E-state index in [-0.39, 0.29) is 12.3 Å². The third kappa shape index (κ3) is 4.39. The standard InChI is InChI=1S/C21H24N2O3S/c1-4-23-20-17(26-6-3)8-7-9-18(20)27-21(23)22-19(24)14-15-10-12-16(13-11-15)25-5-2/h7-13H,4-6,14H2,1-3H3. The van der Waals surface area contributed by atoms with Gasteiger partial charge in [-0.25, -0.2) is 0 Å². The van der Waals surface area contributed by atoms with Crippen molar-refractivity contribution in [2.45, 2.75) is 33.7 Å². The van der Waals surface area contributed by atoms with Gasteiger partial charge in [0.2, 0.25) is 0 Å². The molecule has 0 aliphatic heterocycles. The van der Waals surface area contributed by atoms with Crippen molar-refractivity contribution in [3.05, 3.63) is 52.8 Å². The van der Waals surface area contributed by atoms with Gasteiger partial charge >= 0.3 is 0 Å². The van der Waals surface area contributed by atoms with Gasteiger partial charge < -0.3 is 14.0 Å². The van der Waals surface area contributed by atoms with E-state index in [0.29, 0.717) is 18.0 Å². The van der Waals surface area contributed by atoms with Crippen LogP contribution in [0.5, 0.6) is 11.5 Å². The molecule has 1 heterocycles. The van der Waals surface area contributed by atoms with Gasteiger partial charge in [0.05, 0.1) is 24.3 Å². The number of thiazole rings is 1. The van der Waals surface area contributed by atoms with Crippen molar-refractivity contribution in [1.29, 1.82) is 0 Å². The number of para-hydroxylation sites is 1. The maximum Gasteiger partial charge on any atom is 0.252 e. The van der Waals surface area contributed by atoms with Gasteiger partial charge in [-0.05, 0) is 50.6 Å². The fourth-order valence-electron chi connectivity index (χ4n) is 2.94. The Morgan fingerprint density at radius 2 is 1.78 bits per heavy atom. The Kier molecular flexibility index (Phi) is 6.29. The van der Waals surface area contributed by atoms with E-state index in [1.807, 2.05) is 67.8 Å². The SMILES string of the molecule is CCOc1ccc(CC(=O)N=c2sc3cccc(OCC)c3n2CC)cc1. The molecule has 1 aromatic heterocycles. The minimum Gasteiger partial charge on any atom is -0.494 e. The maximum absolute atomic E-state index is 12.5. The monoisotopic (exact) mass is 384 g/mol. The van der Waals surface area contributed by atoms with Crippen molar-refractivity contribution in [3.63, 3.8) is 0 Å². The zero-order valence-electron chi connectivity index (χ0n) is 15.9. The Bertz CT molecular complexity index is 987. The van der Waals surface area contributed by atoms with Crippen LogP contribution in [0.15, 0.2) is 47.5 Å². The summed E-state index contributed by atoms with van der Waals surface area (Å²) in [5.41, 5.74) is 1.92. The highest BCUT2D eigenvalue weighted by atomic mass is 32.1. The molecule has 0 radical (unpaired) electrons. The summed E-state index contributed by atoms with van der Waals surface area (Å²) in [7, 11) is 0. The Hall–Kier alpha value is -2.60. The van der Waals surface area contributed by atoms with Crippen LogP contribution in [0.2, 0.25) is 0 Å². The van der Waals surface area contributed by atoms with Crippen molar-refractivity contribution in [2.24, 2.45) is 4.99 Å². The first-order chi connectivity index (χ1) is 13.2. The molecule has 3 rings (SSSR count). The van der Waals surface area contributed by atoms with Crippen LogP contribution in [0, 0.1) is 0 Å². The lowest BCUT2D eigenvalue weighted by Crippen LogP contribution is -2.17. The smallest absolute Gasteiger partial charge is 0.252 e. The van der Waals surface area contributed by atoms with Crippen LogP contribution in [0.25, 0.3) is 10.2 Å². The van der Waals surface area contributed by atoms with Crippen LogP contribution in [0.1, 0.15) is 26.3 Å². The van der Waals surface area contributed by atoms with Crippen LogP contribution in [0.4, 0.5) is 0 Å². The number of carbonyl (C=O) groups is 1. The van der Waals surface area contributed by atoms with Crippen molar-refractivity contribution >= 4 is 27.5 Å². The molecule has 0 N–H and O–H groups in total. The number of carbonyl (C=O) groups excluding carboxylic acids is 1. The number of benzene rings is 2. The van der Waals surface area contributed by atoms with Gasteiger partial charge in [0.1, 0.15) is 17.0 Å². The number of amides is 1. The van der Waals surface area contributed by atoms with Crippen LogP contribution >= 0.6 is 11.3 Å². The molecular formula is C21H24N2O3S. The van der Waals surface area contributed by atoms with Crippen molar-refractivity contribution in [1.82, 2.24) is 4.57 Å². The van der Waals surface area contributed by atoms with Gasteiger partial charge in [0.25, 0.3) is 5.91 Å². The summed E-state index contributed by atoms with van der Waals surface area (Å²) < 4.78 is 14.3. The van der Waals surface area contributed by atoms with Crippen LogP contribution in [0.3, 0.4) is 0 Å². The lowest BCUT2D eigenvalue weighted by molar-refractivity contribution is -0.117. The summed E-state index contributed by atoms with van der Waals surface area (Å²) in [5, 5.41) is 0. The fourth-order valence-corrected chi connectivity index (χ4v) is 4.07. The molecule has 6 heteroatoms. The fraction of sp³-hybridized carbons (Fsp3) is 0.333. The molecule has 0 bridgehead atoms.